The maximum Gasteiger partial charge on any atom is 0.0447 e. The van der Waals surface area contributed by atoms with Crippen LogP contribution in [0, 0.1) is 17.8 Å². The number of nitrogens with zero attached hydrogens (tertiary/aromatic N) is 1. The molecule has 48 valence electrons. The molecule has 4 aliphatic rings. The van der Waals surface area contributed by atoms with E-state index in [1.165, 1.54) is 18.4 Å². The maximum atomic E-state index is 2.70. The Morgan fingerprint density at radius 3 is 2.44 bits per heavy atom. The van der Waals surface area contributed by atoms with Gasteiger partial charge in [0, 0.05) is 18.1 Å². The Balaban J connectivity index is 1.78. The zero-order chi connectivity index (χ0) is 5.80. The van der Waals surface area contributed by atoms with Crippen molar-refractivity contribution in [2.75, 3.05) is 6.54 Å². The molecule has 2 heterocycles. The Morgan fingerprint density at radius 1 is 1.56 bits per heavy atom. The fourth-order valence-corrected chi connectivity index (χ4v) is 3.68. The molecule has 2 aliphatic carbocycles. The molecule has 9 heavy (non-hydrogen) atoms. The molecule has 0 N–H and O–H groups in total. The molecule has 0 aromatic carbocycles. The summed E-state index contributed by atoms with van der Waals surface area (Å²) in [6.07, 6.45) is 1.55. The van der Waals surface area contributed by atoms with Crippen LogP contribution in [0.1, 0.15) is 13.3 Å². The molecule has 0 radical (unpaired) electrons. The van der Waals surface area contributed by atoms with Crippen molar-refractivity contribution in [3.8, 4) is 0 Å². The molecule has 2 saturated carbocycles. The molecule has 0 aromatic heterocycles. The van der Waals surface area contributed by atoms with Crippen LogP contribution >= 0.6 is 0 Å². The summed E-state index contributed by atoms with van der Waals surface area (Å²) in [6.45, 7) is 3.88. The predicted octanol–water partition coefficient (Wildman–Crippen LogP) is 0.709. The van der Waals surface area contributed by atoms with Gasteiger partial charge < -0.3 is 0 Å². The van der Waals surface area contributed by atoms with Crippen LogP contribution in [0.2, 0.25) is 0 Å². The Bertz CT molecular complexity index is 203. The highest BCUT2D eigenvalue weighted by Crippen LogP contribution is 2.84. The van der Waals surface area contributed by atoms with Crippen molar-refractivity contribution < 1.29 is 0 Å². The van der Waals surface area contributed by atoms with E-state index in [4.69, 9.17) is 0 Å². The van der Waals surface area contributed by atoms with Crippen molar-refractivity contribution in [2.24, 2.45) is 17.8 Å². The van der Waals surface area contributed by atoms with Gasteiger partial charge >= 0.3 is 0 Å². The molecule has 4 rings (SSSR count). The van der Waals surface area contributed by atoms with E-state index in [0.717, 1.165) is 17.5 Å². The van der Waals surface area contributed by atoms with E-state index < -0.39 is 0 Å². The van der Waals surface area contributed by atoms with E-state index in [0.29, 0.717) is 0 Å². The van der Waals surface area contributed by atoms with Crippen molar-refractivity contribution >= 4 is 0 Å². The van der Waals surface area contributed by atoms with Gasteiger partial charge in [0.1, 0.15) is 0 Å². The molecule has 4 fully saturated rings. The average Bonchev–Trinajstić information content (AvgIpc) is 2.55. The standard InChI is InChI=1S/C8H11N/c1-4-2-5-7(4)8(5)6-3-9(6)8/h4-7H,2-3H2,1H3. The minimum absolute atomic E-state index is 0.888. The number of fused-ring (bicyclic) bond motifs is 6. The molecule has 0 aromatic rings. The first-order valence-electron chi connectivity index (χ1n) is 4.13. The van der Waals surface area contributed by atoms with E-state index in [1.807, 2.05) is 0 Å². The summed E-state index contributed by atoms with van der Waals surface area (Å²) >= 11 is 0. The molecule has 2 aliphatic heterocycles. The summed E-state index contributed by atoms with van der Waals surface area (Å²) in [7, 11) is 0. The smallest absolute Gasteiger partial charge is 0.0447 e. The monoisotopic (exact) mass is 121 g/mol. The van der Waals surface area contributed by atoms with Gasteiger partial charge in [0.05, 0.1) is 0 Å². The Hall–Kier alpha value is -0.0400. The van der Waals surface area contributed by atoms with E-state index in [9.17, 15) is 0 Å². The zero-order valence-corrected chi connectivity index (χ0v) is 5.67. The van der Waals surface area contributed by atoms with Gasteiger partial charge in [-0.15, -0.1) is 0 Å². The van der Waals surface area contributed by atoms with Gasteiger partial charge in [-0.3, -0.25) is 4.90 Å². The van der Waals surface area contributed by atoms with Crippen LogP contribution in [0.25, 0.3) is 0 Å². The maximum absolute atomic E-state index is 2.70. The Kier molecular flexibility index (Phi) is 0.323. The summed E-state index contributed by atoms with van der Waals surface area (Å²) in [5.74, 6) is 3.45. The second-order valence-electron chi connectivity index (χ2n) is 4.40. The summed E-state index contributed by atoms with van der Waals surface area (Å²) in [5, 5.41) is 0. The van der Waals surface area contributed by atoms with Gasteiger partial charge in [0.25, 0.3) is 0 Å². The first-order chi connectivity index (χ1) is 4.37. The normalized spacial score (nSPS) is 87.0. The van der Waals surface area contributed by atoms with Crippen molar-refractivity contribution in [3.05, 3.63) is 0 Å². The largest absolute Gasteiger partial charge is 0.288 e. The van der Waals surface area contributed by atoms with Crippen LogP contribution in [0.4, 0.5) is 0 Å². The van der Waals surface area contributed by atoms with Crippen LogP contribution in [0.15, 0.2) is 0 Å². The third kappa shape index (κ3) is 0.196. The molecular formula is C8H11N. The first kappa shape index (κ1) is 3.97. The van der Waals surface area contributed by atoms with Crippen molar-refractivity contribution in [1.29, 1.82) is 0 Å². The summed E-state index contributed by atoms with van der Waals surface area (Å²) in [6, 6.07) is 1.11. The lowest BCUT2D eigenvalue weighted by molar-refractivity contribution is 0.316. The SMILES string of the molecule is CC1CC2C1C21C2CN21. The molecule has 1 spiro atoms. The van der Waals surface area contributed by atoms with E-state index in [1.54, 1.807) is 6.42 Å². The minimum Gasteiger partial charge on any atom is -0.288 e. The highest BCUT2D eigenvalue weighted by Gasteiger charge is 2.94. The predicted molar refractivity (Wildman–Crippen MR) is 34.0 cm³/mol. The molecule has 0 amide bonds. The van der Waals surface area contributed by atoms with Crippen molar-refractivity contribution in [3.63, 3.8) is 0 Å². The molecule has 2 saturated heterocycles. The van der Waals surface area contributed by atoms with Crippen LogP contribution in [0.3, 0.4) is 0 Å². The summed E-state index contributed by atoms with van der Waals surface area (Å²) in [5.41, 5.74) is 0.888. The van der Waals surface area contributed by atoms with Crippen molar-refractivity contribution in [1.82, 2.24) is 4.90 Å². The molecule has 6 atom stereocenters. The zero-order valence-electron chi connectivity index (χ0n) is 5.67. The van der Waals surface area contributed by atoms with E-state index in [-0.39, 0.29) is 0 Å². The number of hydrogen-bond acceptors (Lipinski definition) is 1. The van der Waals surface area contributed by atoms with Crippen LogP contribution < -0.4 is 0 Å². The summed E-state index contributed by atoms with van der Waals surface area (Å²) < 4.78 is 0. The number of hydrogen-bond donors (Lipinski definition) is 0. The fraction of sp³-hybridized carbons (Fsp3) is 1.00. The van der Waals surface area contributed by atoms with Crippen molar-refractivity contribution in [2.45, 2.75) is 24.9 Å². The third-order valence-corrected chi connectivity index (χ3v) is 4.27. The molecular weight excluding hydrogens is 110 g/mol. The average molecular weight is 121 g/mol. The van der Waals surface area contributed by atoms with Crippen LogP contribution in [0.5, 0.6) is 0 Å². The molecule has 0 bridgehead atoms. The highest BCUT2D eigenvalue weighted by molar-refractivity contribution is 5.48. The van der Waals surface area contributed by atoms with Crippen LogP contribution in [-0.2, 0) is 0 Å². The van der Waals surface area contributed by atoms with E-state index in [2.05, 4.69) is 11.8 Å². The summed E-state index contributed by atoms with van der Waals surface area (Å²) in [4.78, 5) is 2.70. The van der Waals surface area contributed by atoms with E-state index >= 15 is 0 Å². The van der Waals surface area contributed by atoms with Gasteiger partial charge in [0.2, 0.25) is 0 Å². The van der Waals surface area contributed by atoms with Gasteiger partial charge in [-0.1, -0.05) is 6.92 Å². The molecule has 6 unspecified atom stereocenters. The van der Waals surface area contributed by atoms with Gasteiger partial charge in [-0.05, 0) is 24.2 Å². The van der Waals surface area contributed by atoms with Gasteiger partial charge in [-0.2, -0.15) is 0 Å². The quantitative estimate of drug-likeness (QED) is 0.426. The molecule has 1 nitrogen and oxygen atoms in total. The molecule has 1 heteroatoms. The fourth-order valence-electron chi connectivity index (χ4n) is 3.68. The Morgan fingerprint density at radius 2 is 2.33 bits per heavy atom. The lowest BCUT2D eigenvalue weighted by Crippen LogP contribution is -2.11. The van der Waals surface area contributed by atoms with Crippen LogP contribution in [-0.4, -0.2) is 23.0 Å². The first-order valence-corrected chi connectivity index (χ1v) is 4.13. The minimum atomic E-state index is 0.888. The highest BCUT2D eigenvalue weighted by atomic mass is 15.6. The third-order valence-electron chi connectivity index (χ3n) is 4.27. The topological polar surface area (TPSA) is 3.01 Å². The van der Waals surface area contributed by atoms with Gasteiger partial charge in [-0.25, -0.2) is 0 Å². The second kappa shape index (κ2) is 0.731. The van der Waals surface area contributed by atoms with Gasteiger partial charge in [0.15, 0.2) is 0 Å². The second-order valence-corrected chi connectivity index (χ2v) is 4.40. The Labute approximate surface area is 55.0 Å². The lowest BCUT2D eigenvalue weighted by atomic mass is 9.88. The lowest BCUT2D eigenvalue weighted by Gasteiger charge is -2.17. The number of rotatable bonds is 0.